The van der Waals surface area contributed by atoms with Gasteiger partial charge >= 0.3 is 0 Å². The summed E-state index contributed by atoms with van der Waals surface area (Å²) in [5.41, 5.74) is 4.83. The van der Waals surface area contributed by atoms with Crippen LogP contribution < -0.4 is 10.6 Å². The van der Waals surface area contributed by atoms with Crippen molar-refractivity contribution in [1.82, 2.24) is 4.90 Å². The summed E-state index contributed by atoms with van der Waals surface area (Å²) in [4.78, 5) is 39.5. The second-order valence-corrected chi connectivity index (χ2v) is 9.27. The van der Waals surface area contributed by atoms with Gasteiger partial charge in [0.1, 0.15) is 5.00 Å². The van der Waals surface area contributed by atoms with Crippen molar-refractivity contribution in [3.05, 3.63) is 81.7 Å². The maximum atomic E-state index is 13.0. The molecule has 7 heteroatoms. The molecule has 0 spiro atoms. The zero-order valence-electron chi connectivity index (χ0n) is 19.6. The number of carbonyl (C=O) groups is 3. The van der Waals surface area contributed by atoms with Crippen molar-refractivity contribution >= 4 is 39.7 Å². The van der Waals surface area contributed by atoms with Crippen molar-refractivity contribution in [2.45, 2.75) is 33.6 Å². The third kappa shape index (κ3) is 5.87. The number of likely N-dealkylation sites (N-methyl/N-ethyl adjacent to an activating group) is 1. The molecule has 3 rings (SSSR count). The molecule has 0 saturated heterocycles. The van der Waals surface area contributed by atoms with Gasteiger partial charge in [-0.05, 0) is 66.1 Å². The van der Waals surface area contributed by atoms with E-state index in [1.165, 1.54) is 16.2 Å². The van der Waals surface area contributed by atoms with Gasteiger partial charge in [-0.1, -0.05) is 38.1 Å². The maximum Gasteiger partial charge on any atom is 0.257 e. The first-order chi connectivity index (χ1) is 15.7. The van der Waals surface area contributed by atoms with Gasteiger partial charge in [0.2, 0.25) is 5.91 Å². The lowest BCUT2D eigenvalue weighted by Crippen LogP contribution is -2.35. The van der Waals surface area contributed by atoms with Gasteiger partial charge < -0.3 is 15.5 Å². The van der Waals surface area contributed by atoms with Crippen LogP contribution in [0.15, 0.2) is 53.9 Å². The molecule has 3 amide bonds. The average molecular weight is 464 g/mol. The van der Waals surface area contributed by atoms with Gasteiger partial charge in [0.15, 0.2) is 0 Å². The predicted octanol–water partition coefficient (Wildman–Crippen LogP) is 5.45. The third-order valence-electron chi connectivity index (χ3n) is 5.57. The molecule has 0 fully saturated rings. The second-order valence-electron chi connectivity index (χ2n) is 8.35. The molecule has 0 radical (unpaired) electrons. The molecule has 0 unspecified atom stereocenters. The van der Waals surface area contributed by atoms with E-state index in [4.69, 9.17) is 0 Å². The summed E-state index contributed by atoms with van der Waals surface area (Å²) >= 11 is 1.27. The van der Waals surface area contributed by atoms with Crippen LogP contribution in [0.2, 0.25) is 0 Å². The SMILES string of the molecule is Cc1cccc(NC(=O)CN(C)C(=O)c2ccsc2NC(=O)c2ccc(C(C)C)cc2)c1C. The van der Waals surface area contributed by atoms with E-state index >= 15 is 0 Å². The third-order valence-corrected chi connectivity index (χ3v) is 6.40. The summed E-state index contributed by atoms with van der Waals surface area (Å²) in [6, 6.07) is 14.8. The van der Waals surface area contributed by atoms with Crippen LogP contribution in [0.1, 0.15) is 57.2 Å². The van der Waals surface area contributed by atoms with E-state index in [2.05, 4.69) is 24.5 Å². The Balaban J connectivity index is 1.65. The summed E-state index contributed by atoms with van der Waals surface area (Å²) < 4.78 is 0. The van der Waals surface area contributed by atoms with Crippen LogP contribution in [-0.4, -0.2) is 36.2 Å². The molecular weight excluding hydrogens is 434 g/mol. The number of hydrogen-bond donors (Lipinski definition) is 2. The number of carbonyl (C=O) groups excluding carboxylic acids is 3. The number of hydrogen-bond acceptors (Lipinski definition) is 4. The summed E-state index contributed by atoms with van der Waals surface area (Å²) in [6.07, 6.45) is 0. The van der Waals surface area contributed by atoms with Gasteiger partial charge in [0.05, 0.1) is 12.1 Å². The lowest BCUT2D eigenvalue weighted by Gasteiger charge is -2.18. The van der Waals surface area contributed by atoms with Crippen molar-refractivity contribution in [3.63, 3.8) is 0 Å². The van der Waals surface area contributed by atoms with E-state index in [9.17, 15) is 14.4 Å². The molecule has 1 aromatic heterocycles. The highest BCUT2D eigenvalue weighted by Crippen LogP contribution is 2.26. The molecular formula is C26H29N3O3S. The molecule has 0 aliphatic rings. The number of anilines is 2. The van der Waals surface area contributed by atoms with Crippen LogP contribution in [0.4, 0.5) is 10.7 Å². The quantitative estimate of drug-likeness (QED) is 0.489. The lowest BCUT2D eigenvalue weighted by molar-refractivity contribution is -0.116. The Labute approximate surface area is 198 Å². The zero-order chi connectivity index (χ0) is 24.1. The van der Waals surface area contributed by atoms with Crippen molar-refractivity contribution in [2.24, 2.45) is 0 Å². The smallest absolute Gasteiger partial charge is 0.257 e. The molecule has 2 aromatic carbocycles. The van der Waals surface area contributed by atoms with Crippen molar-refractivity contribution < 1.29 is 14.4 Å². The Bertz CT molecular complexity index is 1170. The summed E-state index contributed by atoms with van der Waals surface area (Å²) in [5.74, 6) is -0.522. The Kier molecular flexibility index (Phi) is 7.66. The first kappa shape index (κ1) is 24.2. The average Bonchev–Trinajstić information content (AvgIpc) is 3.24. The van der Waals surface area contributed by atoms with Crippen molar-refractivity contribution in [1.29, 1.82) is 0 Å². The van der Waals surface area contributed by atoms with Gasteiger partial charge in [-0.15, -0.1) is 11.3 Å². The number of amides is 3. The molecule has 0 aliphatic carbocycles. The van der Waals surface area contributed by atoms with E-state index in [-0.39, 0.29) is 24.3 Å². The fourth-order valence-electron chi connectivity index (χ4n) is 3.34. The van der Waals surface area contributed by atoms with Crippen LogP contribution in [-0.2, 0) is 4.79 Å². The molecule has 2 N–H and O–H groups in total. The van der Waals surface area contributed by atoms with E-state index < -0.39 is 0 Å². The van der Waals surface area contributed by atoms with E-state index in [0.717, 1.165) is 22.4 Å². The van der Waals surface area contributed by atoms with Crippen LogP contribution in [0.25, 0.3) is 0 Å². The van der Waals surface area contributed by atoms with E-state index in [1.807, 2.05) is 44.2 Å². The maximum absolute atomic E-state index is 13.0. The highest BCUT2D eigenvalue weighted by atomic mass is 32.1. The lowest BCUT2D eigenvalue weighted by atomic mass is 10.0. The predicted molar refractivity (Wildman–Crippen MR) is 134 cm³/mol. The second kappa shape index (κ2) is 10.4. The van der Waals surface area contributed by atoms with Crippen LogP contribution in [0.3, 0.4) is 0 Å². The minimum atomic E-state index is -0.335. The number of aryl methyl sites for hydroxylation is 1. The fraction of sp³-hybridized carbons (Fsp3) is 0.269. The molecule has 0 aliphatic heterocycles. The number of rotatable bonds is 7. The summed E-state index contributed by atoms with van der Waals surface area (Å²) in [5, 5.41) is 7.90. The van der Waals surface area contributed by atoms with Crippen LogP contribution in [0, 0.1) is 13.8 Å². The van der Waals surface area contributed by atoms with Crippen molar-refractivity contribution in [3.8, 4) is 0 Å². The summed E-state index contributed by atoms with van der Waals surface area (Å²) in [7, 11) is 1.57. The standard InChI is InChI=1S/C26H29N3O3S/c1-16(2)19-9-11-20(12-10-19)24(31)28-25-21(13-14-33-25)26(32)29(5)15-23(30)27-22-8-6-7-17(3)18(22)4/h6-14,16H,15H2,1-5H3,(H,27,30)(H,28,31). The molecule has 6 nitrogen and oxygen atoms in total. The Morgan fingerprint density at radius 2 is 1.67 bits per heavy atom. The molecule has 33 heavy (non-hydrogen) atoms. The molecule has 1 heterocycles. The number of benzene rings is 2. The minimum Gasteiger partial charge on any atom is -0.332 e. The normalized spacial score (nSPS) is 10.7. The monoisotopic (exact) mass is 463 g/mol. The molecule has 0 atom stereocenters. The Morgan fingerprint density at radius 1 is 0.970 bits per heavy atom. The van der Waals surface area contributed by atoms with Gasteiger partial charge in [0, 0.05) is 18.3 Å². The highest BCUT2D eigenvalue weighted by Gasteiger charge is 2.21. The van der Waals surface area contributed by atoms with E-state index in [0.29, 0.717) is 22.0 Å². The van der Waals surface area contributed by atoms with E-state index in [1.54, 1.807) is 30.6 Å². The van der Waals surface area contributed by atoms with Crippen LogP contribution >= 0.6 is 11.3 Å². The van der Waals surface area contributed by atoms with Crippen molar-refractivity contribution in [2.75, 3.05) is 24.2 Å². The number of nitrogens with one attached hydrogen (secondary N) is 2. The Morgan fingerprint density at radius 3 is 2.33 bits per heavy atom. The largest absolute Gasteiger partial charge is 0.332 e. The fourth-order valence-corrected chi connectivity index (χ4v) is 4.11. The number of thiophene rings is 1. The van der Waals surface area contributed by atoms with Crippen LogP contribution in [0.5, 0.6) is 0 Å². The first-order valence-electron chi connectivity index (χ1n) is 10.8. The minimum absolute atomic E-state index is 0.105. The molecule has 3 aromatic rings. The number of nitrogens with zero attached hydrogens (tertiary/aromatic N) is 1. The van der Waals surface area contributed by atoms with Gasteiger partial charge in [0.25, 0.3) is 11.8 Å². The zero-order valence-corrected chi connectivity index (χ0v) is 20.4. The first-order valence-corrected chi connectivity index (χ1v) is 11.7. The molecule has 0 saturated carbocycles. The highest BCUT2D eigenvalue weighted by molar-refractivity contribution is 7.14. The molecule has 172 valence electrons. The van der Waals surface area contributed by atoms with Gasteiger partial charge in [-0.2, -0.15) is 0 Å². The summed E-state index contributed by atoms with van der Waals surface area (Å²) in [6.45, 7) is 8.00. The molecule has 0 bridgehead atoms. The van der Waals surface area contributed by atoms with Gasteiger partial charge in [-0.3, -0.25) is 14.4 Å². The topological polar surface area (TPSA) is 78.5 Å². The Hall–Kier alpha value is -3.45. The van der Waals surface area contributed by atoms with Gasteiger partial charge in [-0.25, -0.2) is 0 Å².